The number of rotatable bonds is 4. The number of nitriles is 1. The van der Waals surface area contributed by atoms with E-state index in [0.29, 0.717) is 17.7 Å². The molecule has 1 amide bonds. The second-order valence-corrected chi connectivity index (χ2v) is 5.73. The third kappa shape index (κ3) is 3.73. The van der Waals surface area contributed by atoms with Gasteiger partial charge in [0.25, 0.3) is 5.91 Å². The monoisotopic (exact) mass is 327 g/mol. The average Bonchev–Trinajstić information content (AvgIpc) is 2.67. The first-order chi connectivity index (χ1) is 12.2. The fourth-order valence-corrected chi connectivity index (χ4v) is 2.67. The summed E-state index contributed by atoms with van der Waals surface area (Å²) in [5.74, 6) is -0.0894. The van der Waals surface area contributed by atoms with Crippen LogP contribution in [0.5, 0.6) is 0 Å². The molecule has 1 heterocycles. The second kappa shape index (κ2) is 7.41. The van der Waals surface area contributed by atoms with Gasteiger partial charge >= 0.3 is 0 Å². The van der Waals surface area contributed by atoms with Crippen molar-refractivity contribution < 1.29 is 4.79 Å². The van der Waals surface area contributed by atoms with Gasteiger partial charge in [-0.25, -0.2) is 0 Å². The van der Waals surface area contributed by atoms with E-state index >= 15 is 0 Å². The van der Waals surface area contributed by atoms with E-state index in [9.17, 15) is 4.79 Å². The molecule has 3 rings (SSSR count). The van der Waals surface area contributed by atoms with Crippen molar-refractivity contribution in [1.82, 2.24) is 4.98 Å². The molecule has 0 atom stereocenters. The molecule has 0 saturated carbocycles. The molecule has 4 nitrogen and oxygen atoms in total. The smallest absolute Gasteiger partial charge is 0.258 e. The van der Waals surface area contributed by atoms with Gasteiger partial charge in [0.15, 0.2) is 0 Å². The standard InChI is InChI=1S/C21H17N3O/c1-16-14-23-11-10-20(16)21(25)24(19-8-3-2-4-9-19)15-18-7-5-6-17(12-18)13-22/h2-12,14H,15H2,1H3. The Kier molecular flexibility index (Phi) is 4.87. The molecule has 0 spiro atoms. The van der Waals surface area contributed by atoms with Gasteiger partial charge in [-0.05, 0) is 48.4 Å². The number of amides is 1. The summed E-state index contributed by atoms with van der Waals surface area (Å²) >= 11 is 0. The maximum absolute atomic E-state index is 13.2. The molecule has 0 aliphatic heterocycles. The molecule has 0 aliphatic rings. The third-order valence-electron chi connectivity index (χ3n) is 3.96. The van der Waals surface area contributed by atoms with Crippen molar-refractivity contribution in [1.29, 1.82) is 5.26 Å². The van der Waals surface area contributed by atoms with Crippen molar-refractivity contribution in [3.8, 4) is 6.07 Å². The summed E-state index contributed by atoms with van der Waals surface area (Å²) in [4.78, 5) is 18.9. The van der Waals surface area contributed by atoms with Crippen LogP contribution in [0.1, 0.15) is 27.0 Å². The Balaban J connectivity index is 2.00. The molecule has 0 aliphatic carbocycles. The van der Waals surface area contributed by atoms with E-state index in [2.05, 4.69) is 11.1 Å². The lowest BCUT2D eigenvalue weighted by Crippen LogP contribution is -2.31. The first-order valence-corrected chi connectivity index (χ1v) is 7.95. The van der Waals surface area contributed by atoms with Gasteiger partial charge < -0.3 is 4.90 Å². The number of hydrogen-bond donors (Lipinski definition) is 0. The Morgan fingerprint density at radius 3 is 2.64 bits per heavy atom. The van der Waals surface area contributed by atoms with Crippen LogP contribution in [0.2, 0.25) is 0 Å². The number of benzene rings is 2. The van der Waals surface area contributed by atoms with Gasteiger partial charge in [-0.2, -0.15) is 5.26 Å². The van der Waals surface area contributed by atoms with Crippen LogP contribution in [0.4, 0.5) is 5.69 Å². The van der Waals surface area contributed by atoms with Crippen LogP contribution in [0, 0.1) is 18.3 Å². The van der Waals surface area contributed by atoms with Crippen molar-refractivity contribution in [2.24, 2.45) is 0 Å². The molecular formula is C21H17N3O. The third-order valence-corrected chi connectivity index (χ3v) is 3.96. The van der Waals surface area contributed by atoms with E-state index in [0.717, 1.165) is 16.8 Å². The summed E-state index contributed by atoms with van der Waals surface area (Å²) in [6.45, 7) is 2.26. The van der Waals surface area contributed by atoms with Crippen LogP contribution in [0.15, 0.2) is 73.1 Å². The van der Waals surface area contributed by atoms with Crippen molar-refractivity contribution in [2.45, 2.75) is 13.5 Å². The summed E-state index contributed by atoms with van der Waals surface area (Å²) in [5.41, 5.74) is 3.75. The van der Waals surface area contributed by atoms with Crippen LogP contribution < -0.4 is 4.90 Å². The van der Waals surface area contributed by atoms with Crippen LogP contribution in [0.3, 0.4) is 0 Å². The predicted molar refractivity (Wildman–Crippen MR) is 97.1 cm³/mol. The lowest BCUT2D eigenvalue weighted by Gasteiger charge is -2.24. The molecule has 2 aromatic carbocycles. The SMILES string of the molecule is Cc1cnccc1C(=O)N(Cc1cccc(C#N)c1)c1ccccc1. The van der Waals surface area contributed by atoms with E-state index in [1.807, 2.05) is 55.5 Å². The summed E-state index contributed by atoms with van der Waals surface area (Å²) in [7, 11) is 0. The summed E-state index contributed by atoms with van der Waals surface area (Å²) in [6.07, 6.45) is 3.31. The molecule has 4 heteroatoms. The van der Waals surface area contributed by atoms with Gasteiger partial charge in [-0.15, -0.1) is 0 Å². The molecule has 0 bridgehead atoms. The van der Waals surface area contributed by atoms with Crippen molar-refractivity contribution >= 4 is 11.6 Å². The fraction of sp³-hybridized carbons (Fsp3) is 0.0952. The van der Waals surface area contributed by atoms with Crippen LogP contribution >= 0.6 is 0 Å². The highest BCUT2D eigenvalue weighted by Crippen LogP contribution is 2.21. The minimum absolute atomic E-state index is 0.0894. The topological polar surface area (TPSA) is 57.0 Å². The Labute approximate surface area is 147 Å². The zero-order chi connectivity index (χ0) is 17.6. The molecule has 0 N–H and O–H groups in total. The van der Waals surface area contributed by atoms with Crippen molar-refractivity contribution in [2.75, 3.05) is 4.90 Å². The molecule has 25 heavy (non-hydrogen) atoms. The Hall–Kier alpha value is -3.45. The number of aryl methyl sites for hydroxylation is 1. The first-order valence-electron chi connectivity index (χ1n) is 7.95. The summed E-state index contributed by atoms with van der Waals surface area (Å²) in [6, 6.07) is 20.7. The van der Waals surface area contributed by atoms with Gasteiger partial charge in [0, 0.05) is 23.6 Å². The maximum atomic E-state index is 13.2. The van der Waals surface area contributed by atoms with Crippen molar-refractivity contribution in [3.63, 3.8) is 0 Å². The highest BCUT2D eigenvalue weighted by atomic mass is 16.2. The average molecular weight is 327 g/mol. The molecule has 122 valence electrons. The Morgan fingerprint density at radius 2 is 1.92 bits per heavy atom. The van der Waals surface area contributed by atoms with Gasteiger partial charge in [0.1, 0.15) is 0 Å². The summed E-state index contributed by atoms with van der Waals surface area (Å²) in [5, 5.41) is 9.10. The minimum atomic E-state index is -0.0894. The highest BCUT2D eigenvalue weighted by Gasteiger charge is 2.19. The quantitative estimate of drug-likeness (QED) is 0.724. The molecule has 0 radical (unpaired) electrons. The van der Waals surface area contributed by atoms with Gasteiger partial charge in [-0.3, -0.25) is 9.78 Å². The number of anilines is 1. The Bertz CT molecular complexity index is 929. The van der Waals surface area contributed by atoms with E-state index in [1.54, 1.807) is 29.4 Å². The fourth-order valence-electron chi connectivity index (χ4n) is 2.67. The van der Waals surface area contributed by atoms with Crippen molar-refractivity contribution in [3.05, 3.63) is 95.3 Å². The van der Waals surface area contributed by atoms with Gasteiger partial charge in [-0.1, -0.05) is 30.3 Å². The number of carbonyl (C=O) groups excluding carboxylic acids is 1. The number of hydrogen-bond acceptors (Lipinski definition) is 3. The lowest BCUT2D eigenvalue weighted by molar-refractivity contribution is 0.0984. The molecule has 3 aromatic rings. The normalized spacial score (nSPS) is 10.1. The highest BCUT2D eigenvalue weighted by molar-refractivity contribution is 6.06. The van der Waals surface area contributed by atoms with E-state index < -0.39 is 0 Å². The summed E-state index contributed by atoms with van der Waals surface area (Å²) < 4.78 is 0. The molecule has 0 unspecified atom stereocenters. The predicted octanol–water partition coefficient (Wildman–Crippen LogP) is 4.11. The maximum Gasteiger partial charge on any atom is 0.258 e. The molecule has 0 fully saturated rings. The molecule has 0 saturated heterocycles. The largest absolute Gasteiger partial charge is 0.304 e. The van der Waals surface area contributed by atoms with Crippen LogP contribution in [0.25, 0.3) is 0 Å². The van der Waals surface area contributed by atoms with E-state index in [4.69, 9.17) is 5.26 Å². The lowest BCUT2D eigenvalue weighted by atomic mass is 10.1. The first kappa shape index (κ1) is 16.4. The van der Waals surface area contributed by atoms with Crippen LogP contribution in [-0.4, -0.2) is 10.9 Å². The number of carbonyl (C=O) groups is 1. The molecule has 1 aromatic heterocycles. The van der Waals surface area contributed by atoms with E-state index in [-0.39, 0.29) is 5.91 Å². The zero-order valence-corrected chi connectivity index (χ0v) is 13.9. The number of aromatic nitrogens is 1. The zero-order valence-electron chi connectivity index (χ0n) is 13.9. The van der Waals surface area contributed by atoms with E-state index in [1.165, 1.54) is 0 Å². The number of nitrogens with zero attached hydrogens (tertiary/aromatic N) is 3. The second-order valence-electron chi connectivity index (χ2n) is 5.73. The van der Waals surface area contributed by atoms with Gasteiger partial charge in [0.05, 0.1) is 18.2 Å². The molecular weight excluding hydrogens is 310 g/mol. The minimum Gasteiger partial charge on any atom is -0.304 e. The number of para-hydroxylation sites is 1. The number of pyridine rings is 1. The van der Waals surface area contributed by atoms with Gasteiger partial charge in [0.2, 0.25) is 0 Å². The Morgan fingerprint density at radius 1 is 1.12 bits per heavy atom. The van der Waals surface area contributed by atoms with Crippen LogP contribution in [-0.2, 0) is 6.54 Å².